The third-order valence-corrected chi connectivity index (χ3v) is 1.77. The molecule has 0 fully saturated rings. The van der Waals surface area contributed by atoms with E-state index in [2.05, 4.69) is 22.4 Å². The van der Waals surface area contributed by atoms with Gasteiger partial charge in [0.25, 0.3) is 5.56 Å². The zero-order valence-corrected chi connectivity index (χ0v) is 7.84. The van der Waals surface area contributed by atoms with Gasteiger partial charge < -0.3 is 5.32 Å². The van der Waals surface area contributed by atoms with Gasteiger partial charge in [0.1, 0.15) is 5.82 Å². The van der Waals surface area contributed by atoms with Crippen LogP contribution in [0.3, 0.4) is 0 Å². The number of hydrogen-bond donors (Lipinski definition) is 2. The number of unbranched alkanes of at least 4 members (excludes halogenated alkanes) is 2. The Bertz CT molecular complexity index is 275. The first-order chi connectivity index (χ1) is 6.33. The highest BCUT2D eigenvalue weighted by atomic mass is 16.1. The van der Waals surface area contributed by atoms with Crippen molar-refractivity contribution in [1.82, 2.24) is 10.2 Å². The highest BCUT2D eigenvalue weighted by Crippen LogP contribution is 1.98. The zero-order chi connectivity index (χ0) is 9.52. The predicted molar refractivity (Wildman–Crippen MR) is 52.9 cm³/mol. The number of nitrogens with one attached hydrogen (secondary N) is 2. The van der Waals surface area contributed by atoms with Crippen LogP contribution in [0.2, 0.25) is 0 Å². The molecule has 1 heterocycles. The van der Waals surface area contributed by atoms with Gasteiger partial charge in [-0.3, -0.25) is 4.79 Å². The molecule has 0 saturated carbocycles. The molecule has 1 aromatic rings. The summed E-state index contributed by atoms with van der Waals surface area (Å²) in [4.78, 5) is 10.7. The lowest BCUT2D eigenvalue weighted by Crippen LogP contribution is -2.10. The van der Waals surface area contributed by atoms with Crippen LogP contribution in [0, 0.1) is 0 Å². The topological polar surface area (TPSA) is 57.8 Å². The molecule has 1 rings (SSSR count). The van der Waals surface area contributed by atoms with Crippen LogP contribution in [0.25, 0.3) is 0 Å². The molecule has 13 heavy (non-hydrogen) atoms. The summed E-state index contributed by atoms with van der Waals surface area (Å²) in [5, 5.41) is 9.33. The average Bonchev–Trinajstić information content (AvgIpc) is 2.15. The Morgan fingerprint density at radius 2 is 2.31 bits per heavy atom. The van der Waals surface area contributed by atoms with Gasteiger partial charge in [-0.15, -0.1) is 0 Å². The Morgan fingerprint density at radius 3 is 2.92 bits per heavy atom. The van der Waals surface area contributed by atoms with Crippen LogP contribution in [0.5, 0.6) is 0 Å². The molecule has 0 bridgehead atoms. The lowest BCUT2D eigenvalue weighted by Gasteiger charge is -2.02. The third kappa shape index (κ3) is 3.73. The first kappa shape index (κ1) is 9.77. The van der Waals surface area contributed by atoms with Crippen LogP contribution >= 0.6 is 0 Å². The molecule has 4 nitrogen and oxygen atoms in total. The van der Waals surface area contributed by atoms with Crippen molar-refractivity contribution in [3.05, 3.63) is 22.5 Å². The first-order valence-electron chi connectivity index (χ1n) is 4.62. The summed E-state index contributed by atoms with van der Waals surface area (Å²) >= 11 is 0. The highest BCUT2D eigenvalue weighted by molar-refractivity contribution is 5.30. The van der Waals surface area contributed by atoms with Crippen molar-refractivity contribution < 1.29 is 0 Å². The molecule has 0 aliphatic heterocycles. The number of nitrogens with zero attached hydrogens (tertiary/aromatic N) is 1. The molecule has 0 amide bonds. The summed E-state index contributed by atoms with van der Waals surface area (Å²) in [5.41, 5.74) is -0.167. The molecule has 4 heteroatoms. The summed E-state index contributed by atoms with van der Waals surface area (Å²) < 4.78 is 0. The Balaban J connectivity index is 2.29. The molecule has 72 valence electrons. The lowest BCUT2D eigenvalue weighted by molar-refractivity contribution is 0.741. The minimum Gasteiger partial charge on any atom is -0.369 e. The molecule has 0 unspecified atom stereocenters. The molecular formula is C9H15N3O. The molecule has 0 atom stereocenters. The summed E-state index contributed by atoms with van der Waals surface area (Å²) in [6.07, 6.45) is 3.56. The van der Waals surface area contributed by atoms with Gasteiger partial charge in [-0.05, 0) is 12.5 Å². The van der Waals surface area contributed by atoms with Gasteiger partial charge in [0.15, 0.2) is 0 Å². The molecule has 0 aromatic carbocycles. The number of hydrogen-bond acceptors (Lipinski definition) is 3. The molecule has 1 aromatic heterocycles. The molecule has 0 spiro atoms. The fourth-order valence-electron chi connectivity index (χ4n) is 1.03. The van der Waals surface area contributed by atoms with Gasteiger partial charge in [0.05, 0.1) is 0 Å². The van der Waals surface area contributed by atoms with Crippen molar-refractivity contribution >= 4 is 5.82 Å². The second-order valence-corrected chi connectivity index (χ2v) is 2.94. The third-order valence-electron chi connectivity index (χ3n) is 1.77. The largest absolute Gasteiger partial charge is 0.369 e. The molecule has 0 radical (unpaired) electrons. The summed E-state index contributed by atoms with van der Waals surface area (Å²) in [6.45, 7) is 3.07. The maximum atomic E-state index is 10.7. The quantitative estimate of drug-likeness (QED) is 0.674. The summed E-state index contributed by atoms with van der Waals surface area (Å²) in [7, 11) is 0. The second kappa shape index (κ2) is 5.35. The number of anilines is 1. The van der Waals surface area contributed by atoms with E-state index in [1.54, 1.807) is 6.07 Å². The van der Waals surface area contributed by atoms with Gasteiger partial charge in [-0.2, -0.15) is 5.10 Å². The minimum atomic E-state index is -0.167. The van der Waals surface area contributed by atoms with Gasteiger partial charge in [-0.1, -0.05) is 19.8 Å². The van der Waals surface area contributed by atoms with Crippen molar-refractivity contribution in [1.29, 1.82) is 0 Å². The maximum absolute atomic E-state index is 10.7. The standard InChI is InChI=1S/C9H15N3O/c1-2-3-4-7-10-8-5-6-9(13)12-11-8/h5-6H,2-4,7H2,1H3,(H,10,11)(H,12,13). The van der Waals surface area contributed by atoms with Crippen molar-refractivity contribution in [3.8, 4) is 0 Å². The second-order valence-electron chi connectivity index (χ2n) is 2.94. The van der Waals surface area contributed by atoms with Gasteiger partial charge >= 0.3 is 0 Å². The van der Waals surface area contributed by atoms with E-state index in [0.29, 0.717) is 0 Å². The van der Waals surface area contributed by atoms with Crippen LogP contribution < -0.4 is 10.9 Å². The van der Waals surface area contributed by atoms with Crippen LogP contribution in [-0.4, -0.2) is 16.7 Å². The van der Waals surface area contributed by atoms with Crippen molar-refractivity contribution in [3.63, 3.8) is 0 Å². The Hall–Kier alpha value is -1.32. The SMILES string of the molecule is CCCCCNc1ccc(=O)[nH]n1. The van der Waals surface area contributed by atoms with Crippen molar-refractivity contribution in [2.24, 2.45) is 0 Å². The molecule has 0 saturated heterocycles. The van der Waals surface area contributed by atoms with Crippen molar-refractivity contribution in [2.45, 2.75) is 26.2 Å². The highest BCUT2D eigenvalue weighted by Gasteiger charge is 1.91. The molecule has 0 aliphatic carbocycles. The van der Waals surface area contributed by atoms with E-state index in [9.17, 15) is 4.79 Å². The maximum Gasteiger partial charge on any atom is 0.264 e. The molecular weight excluding hydrogens is 166 g/mol. The molecule has 0 aliphatic rings. The summed E-state index contributed by atoms with van der Waals surface area (Å²) in [5.74, 6) is 0.732. The number of rotatable bonds is 5. The van der Waals surface area contributed by atoms with Gasteiger partial charge in [-0.25, -0.2) is 5.10 Å². The van der Waals surface area contributed by atoms with E-state index in [1.165, 1.54) is 18.9 Å². The summed E-state index contributed by atoms with van der Waals surface area (Å²) in [6, 6.07) is 3.15. The lowest BCUT2D eigenvalue weighted by atomic mass is 10.2. The van der Waals surface area contributed by atoms with E-state index < -0.39 is 0 Å². The zero-order valence-electron chi connectivity index (χ0n) is 7.84. The predicted octanol–water partition coefficient (Wildman–Crippen LogP) is 1.37. The van der Waals surface area contributed by atoms with E-state index in [0.717, 1.165) is 18.8 Å². The fraction of sp³-hybridized carbons (Fsp3) is 0.556. The Labute approximate surface area is 77.4 Å². The van der Waals surface area contributed by atoms with Crippen LogP contribution in [0.4, 0.5) is 5.82 Å². The van der Waals surface area contributed by atoms with Crippen LogP contribution in [0.1, 0.15) is 26.2 Å². The number of H-pyrrole nitrogens is 1. The van der Waals surface area contributed by atoms with E-state index in [1.807, 2.05) is 0 Å². The average molecular weight is 181 g/mol. The van der Waals surface area contributed by atoms with E-state index in [-0.39, 0.29) is 5.56 Å². The van der Waals surface area contributed by atoms with E-state index >= 15 is 0 Å². The van der Waals surface area contributed by atoms with Gasteiger partial charge in [0.2, 0.25) is 0 Å². The number of aromatic nitrogens is 2. The normalized spacial score (nSPS) is 9.92. The smallest absolute Gasteiger partial charge is 0.264 e. The Kier molecular flexibility index (Phi) is 4.02. The van der Waals surface area contributed by atoms with Crippen LogP contribution in [0.15, 0.2) is 16.9 Å². The first-order valence-corrected chi connectivity index (χ1v) is 4.62. The monoisotopic (exact) mass is 181 g/mol. The molecule has 2 N–H and O–H groups in total. The van der Waals surface area contributed by atoms with Crippen LogP contribution in [-0.2, 0) is 0 Å². The van der Waals surface area contributed by atoms with E-state index in [4.69, 9.17) is 0 Å². The fourth-order valence-corrected chi connectivity index (χ4v) is 1.03. The van der Waals surface area contributed by atoms with Crippen molar-refractivity contribution in [2.75, 3.05) is 11.9 Å². The number of aromatic amines is 1. The van der Waals surface area contributed by atoms with Gasteiger partial charge in [0, 0.05) is 12.6 Å². The minimum absolute atomic E-state index is 0.167. The Morgan fingerprint density at radius 1 is 1.46 bits per heavy atom.